The standard InChI is InChI=1S/C17H25O3/c1-17(2,3)14-7-6-8-15(13-14)18-11-12-20-16-9-4-5-10-19-16/h6-7,13,16H,4-5,9-12H2,1-3H3. The molecule has 1 saturated heterocycles. The maximum atomic E-state index is 5.70. The highest BCUT2D eigenvalue weighted by Gasteiger charge is 2.15. The van der Waals surface area contributed by atoms with Gasteiger partial charge in [-0.05, 0) is 36.3 Å². The third-order valence-electron chi connectivity index (χ3n) is 3.42. The van der Waals surface area contributed by atoms with Gasteiger partial charge in [-0.15, -0.1) is 0 Å². The van der Waals surface area contributed by atoms with Crippen LogP contribution in [0, 0.1) is 6.07 Å². The Morgan fingerprint density at radius 3 is 2.85 bits per heavy atom. The van der Waals surface area contributed by atoms with Crippen molar-refractivity contribution in [3.8, 4) is 5.75 Å². The Kier molecular flexibility index (Phi) is 5.44. The summed E-state index contributed by atoms with van der Waals surface area (Å²) in [6, 6.07) is 9.16. The fourth-order valence-corrected chi connectivity index (χ4v) is 2.17. The van der Waals surface area contributed by atoms with Gasteiger partial charge in [0.2, 0.25) is 0 Å². The van der Waals surface area contributed by atoms with Gasteiger partial charge in [-0.1, -0.05) is 32.9 Å². The summed E-state index contributed by atoms with van der Waals surface area (Å²) in [5.74, 6) is 0.783. The van der Waals surface area contributed by atoms with Gasteiger partial charge in [-0.3, -0.25) is 0 Å². The molecular weight excluding hydrogens is 252 g/mol. The lowest BCUT2D eigenvalue weighted by atomic mass is 9.87. The summed E-state index contributed by atoms with van der Waals surface area (Å²) in [6.45, 7) is 8.47. The maximum Gasteiger partial charge on any atom is 0.157 e. The van der Waals surface area contributed by atoms with E-state index in [0.29, 0.717) is 13.2 Å². The second-order valence-corrected chi connectivity index (χ2v) is 6.21. The molecule has 1 fully saturated rings. The van der Waals surface area contributed by atoms with Crippen LogP contribution in [0.2, 0.25) is 0 Å². The van der Waals surface area contributed by atoms with Gasteiger partial charge in [0.25, 0.3) is 0 Å². The zero-order chi connectivity index (χ0) is 14.4. The summed E-state index contributed by atoms with van der Waals surface area (Å²) >= 11 is 0. The normalized spacial score (nSPS) is 19.9. The summed E-state index contributed by atoms with van der Waals surface area (Å²) in [4.78, 5) is 0. The average molecular weight is 277 g/mol. The van der Waals surface area contributed by atoms with Crippen LogP contribution in [0.3, 0.4) is 0 Å². The fourth-order valence-electron chi connectivity index (χ4n) is 2.17. The fraction of sp³-hybridized carbons (Fsp3) is 0.647. The molecule has 3 nitrogen and oxygen atoms in total. The summed E-state index contributed by atoms with van der Waals surface area (Å²) in [5.41, 5.74) is 1.38. The molecule has 1 radical (unpaired) electrons. The van der Waals surface area contributed by atoms with Crippen LogP contribution < -0.4 is 4.74 Å². The molecule has 1 heterocycles. The minimum Gasteiger partial charge on any atom is -0.491 e. The highest BCUT2D eigenvalue weighted by atomic mass is 16.7. The van der Waals surface area contributed by atoms with Crippen molar-refractivity contribution in [3.63, 3.8) is 0 Å². The van der Waals surface area contributed by atoms with E-state index in [2.05, 4.69) is 39.0 Å². The average Bonchev–Trinajstić information content (AvgIpc) is 2.44. The van der Waals surface area contributed by atoms with Gasteiger partial charge >= 0.3 is 0 Å². The third-order valence-corrected chi connectivity index (χ3v) is 3.42. The highest BCUT2D eigenvalue weighted by Crippen LogP contribution is 2.25. The largest absolute Gasteiger partial charge is 0.491 e. The van der Waals surface area contributed by atoms with Crippen LogP contribution in [0.4, 0.5) is 0 Å². The molecule has 0 amide bonds. The minimum absolute atomic E-state index is 0.0442. The maximum absolute atomic E-state index is 5.70. The number of ether oxygens (including phenoxy) is 3. The van der Waals surface area contributed by atoms with Crippen molar-refractivity contribution >= 4 is 0 Å². The van der Waals surface area contributed by atoms with Crippen LogP contribution in [0.1, 0.15) is 45.6 Å². The SMILES string of the molecule is CC(C)(C)c1cc[c]c(OCCOC2CCCCO2)c1. The molecule has 111 valence electrons. The van der Waals surface area contributed by atoms with Gasteiger partial charge in [0.1, 0.15) is 12.4 Å². The molecule has 0 N–H and O–H groups in total. The molecular formula is C17H25O3. The Bertz CT molecular complexity index is 403. The van der Waals surface area contributed by atoms with Crippen molar-refractivity contribution in [3.05, 3.63) is 29.8 Å². The monoisotopic (exact) mass is 277 g/mol. The molecule has 0 bridgehead atoms. The molecule has 1 aromatic rings. The first-order valence-corrected chi connectivity index (χ1v) is 7.44. The molecule has 0 saturated carbocycles. The van der Waals surface area contributed by atoms with Crippen LogP contribution >= 0.6 is 0 Å². The predicted molar refractivity (Wildman–Crippen MR) is 79.0 cm³/mol. The molecule has 20 heavy (non-hydrogen) atoms. The molecule has 2 rings (SSSR count). The van der Waals surface area contributed by atoms with Crippen molar-refractivity contribution in [2.24, 2.45) is 0 Å². The Morgan fingerprint density at radius 1 is 1.30 bits per heavy atom. The summed E-state index contributed by atoms with van der Waals surface area (Å²) in [6.07, 6.45) is 3.28. The second-order valence-electron chi connectivity index (χ2n) is 6.21. The van der Waals surface area contributed by atoms with E-state index in [9.17, 15) is 0 Å². The molecule has 0 aromatic heterocycles. The first-order valence-electron chi connectivity index (χ1n) is 7.44. The molecule has 3 heteroatoms. The first-order chi connectivity index (χ1) is 9.55. The summed E-state index contributed by atoms with van der Waals surface area (Å²) in [7, 11) is 0. The Morgan fingerprint density at radius 2 is 2.15 bits per heavy atom. The van der Waals surface area contributed by atoms with Gasteiger partial charge in [0.15, 0.2) is 6.29 Å². The number of hydrogen-bond donors (Lipinski definition) is 0. The van der Waals surface area contributed by atoms with E-state index in [4.69, 9.17) is 14.2 Å². The minimum atomic E-state index is -0.0442. The Labute approximate surface area is 122 Å². The van der Waals surface area contributed by atoms with Crippen molar-refractivity contribution in [1.29, 1.82) is 0 Å². The van der Waals surface area contributed by atoms with Crippen molar-refractivity contribution in [2.45, 2.75) is 51.7 Å². The van der Waals surface area contributed by atoms with E-state index in [1.807, 2.05) is 6.07 Å². The van der Waals surface area contributed by atoms with Crippen LogP contribution in [0.25, 0.3) is 0 Å². The van der Waals surface area contributed by atoms with E-state index < -0.39 is 0 Å². The van der Waals surface area contributed by atoms with Gasteiger partial charge in [0, 0.05) is 12.7 Å². The van der Waals surface area contributed by atoms with Crippen molar-refractivity contribution in [2.75, 3.05) is 19.8 Å². The summed E-state index contributed by atoms with van der Waals surface area (Å²) < 4.78 is 16.8. The van der Waals surface area contributed by atoms with E-state index in [1.54, 1.807) is 0 Å². The number of rotatable bonds is 5. The quantitative estimate of drug-likeness (QED) is 0.768. The zero-order valence-electron chi connectivity index (χ0n) is 12.8. The lowest BCUT2D eigenvalue weighted by molar-refractivity contribution is -0.165. The molecule has 1 atom stereocenters. The topological polar surface area (TPSA) is 27.7 Å². The Hall–Kier alpha value is -1.06. The second kappa shape index (κ2) is 7.09. The molecule has 1 aliphatic heterocycles. The molecule has 1 unspecified atom stereocenters. The zero-order valence-corrected chi connectivity index (χ0v) is 12.8. The molecule has 0 aliphatic carbocycles. The van der Waals surface area contributed by atoms with Crippen molar-refractivity contribution in [1.82, 2.24) is 0 Å². The third kappa shape index (κ3) is 4.80. The van der Waals surface area contributed by atoms with E-state index in [0.717, 1.165) is 25.2 Å². The molecule has 1 aliphatic rings. The number of hydrogen-bond acceptors (Lipinski definition) is 3. The lowest BCUT2D eigenvalue weighted by Gasteiger charge is -2.23. The number of benzene rings is 1. The van der Waals surface area contributed by atoms with Gasteiger partial charge in [-0.25, -0.2) is 0 Å². The molecule has 0 spiro atoms. The van der Waals surface area contributed by atoms with E-state index in [-0.39, 0.29) is 11.7 Å². The summed E-state index contributed by atoms with van der Waals surface area (Å²) in [5, 5.41) is 0. The lowest BCUT2D eigenvalue weighted by Crippen LogP contribution is -2.24. The van der Waals surface area contributed by atoms with Crippen LogP contribution in [0.15, 0.2) is 18.2 Å². The van der Waals surface area contributed by atoms with Crippen LogP contribution in [0.5, 0.6) is 5.75 Å². The smallest absolute Gasteiger partial charge is 0.157 e. The van der Waals surface area contributed by atoms with Crippen molar-refractivity contribution < 1.29 is 14.2 Å². The van der Waals surface area contributed by atoms with Gasteiger partial charge < -0.3 is 14.2 Å². The van der Waals surface area contributed by atoms with E-state index in [1.165, 1.54) is 12.0 Å². The van der Waals surface area contributed by atoms with Gasteiger partial charge in [-0.2, -0.15) is 0 Å². The Balaban J connectivity index is 1.73. The van der Waals surface area contributed by atoms with Crippen LogP contribution in [-0.4, -0.2) is 26.1 Å². The van der Waals surface area contributed by atoms with Gasteiger partial charge in [0.05, 0.1) is 6.61 Å². The van der Waals surface area contributed by atoms with Crippen LogP contribution in [-0.2, 0) is 14.9 Å². The first kappa shape index (κ1) is 15.3. The van der Waals surface area contributed by atoms with E-state index >= 15 is 0 Å². The predicted octanol–water partition coefficient (Wildman–Crippen LogP) is 3.71. The highest BCUT2D eigenvalue weighted by molar-refractivity contribution is 5.31. The molecule has 1 aromatic carbocycles.